The molecule has 0 unspecified atom stereocenters. The van der Waals surface area contributed by atoms with Gasteiger partial charge in [-0.05, 0) is 118 Å². The van der Waals surface area contributed by atoms with E-state index in [2.05, 4.69) is 39.1 Å². The lowest BCUT2D eigenvalue weighted by molar-refractivity contribution is -0.389. The van der Waals surface area contributed by atoms with Gasteiger partial charge in [0.1, 0.15) is 61.0 Å². The van der Waals surface area contributed by atoms with Gasteiger partial charge in [0.2, 0.25) is 0 Å². The van der Waals surface area contributed by atoms with Crippen molar-refractivity contribution < 1.29 is 83.2 Å². The molecule has 72 heavy (non-hydrogen) atoms. The van der Waals surface area contributed by atoms with Crippen LogP contribution in [-0.4, -0.2) is 178 Å². The zero-order chi connectivity index (χ0) is 51.0. The first kappa shape index (κ1) is 53.2. The summed E-state index contributed by atoms with van der Waals surface area (Å²) in [5, 5.41) is 80.7. The molecule has 8 fully saturated rings. The van der Waals surface area contributed by atoms with Crippen LogP contribution in [0.2, 0.25) is 0 Å². The van der Waals surface area contributed by atoms with Crippen LogP contribution in [0.4, 0.5) is 0 Å². The highest BCUT2D eigenvalue weighted by Crippen LogP contribution is 2.70. The molecule has 5 saturated heterocycles. The van der Waals surface area contributed by atoms with Crippen LogP contribution in [0.1, 0.15) is 110 Å². The van der Waals surface area contributed by atoms with Crippen LogP contribution >= 0.6 is 0 Å². The van der Waals surface area contributed by atoms with Gasteiger partial charge in [-0.2, -0.15) is 0 Å². The van der Waals surface area contributed by atoms with E-state index in [1.807, 2.05) is 6.07 Å². The van der Waals surface area contributed by atoms with Crippen LogP contribution < -0.4 is 5.32 Å². The molecule has 10 rings (SSSR count). The fourth-order valence-electron chi connectivity index (χ4n) is 15.3. The predicted octanol–water partition coefficient (Wildman–Crippen LogP) is 2.70. The van der Waals surface area contributed by atoms with Crippen molar-refractivity contribution in [2.45, 2.75) is 209 Å². The minimum atomic E-state index is -1.73. The van der Waals surface area contributed by atoms with E-state index in [9.17, 15) is 40.5 Å². The molecular formula is C54H81NO17. The van der Waals surface area contributed by atoms with Gasteiger partial charge < -0.3 is 83.7 Å². The van der Waals surface area contributed by atoms with E-state index < -0.39 is 105 Å². The number of fused-ring (bicyclic) bond motifs is 7. The summed E-state index contributed by atoms with van der Waals surface area (Å²) in [4.78, 5) is 12.5. The molecular weight excluding hydrogens is 935 g/mol. The van der Waals surface area contributed by atoms with Gasteiger partial charge in [-0.25, -0.2) is 0 Å². The Hall–Kier alpha value is -2.21. The highest BCUT2D eigenvalue weighted by atomic mass is 16.8. The van der Waals surface area contributed by atoms with E-state index >= 15 is 0 Å². The van der Waals surface area contributed by atoms with Crippen molar-refractivity contribution in [1.29, 1.82) is 0 Å². The number of aliphatic hydroxyl groups is 7. The van der Waals surface area contributed by atoms with Gasteiger partial charge in [0.05, 0.1) is 44.2 Å². The summed E-state index contributed by atoms with van der Waals surface area (Å²) in [7, 11) is 0. The second-order valence-electron chi connectivity index (χ2n) is 23.5. The van der Waals surface area contributed by atoms with Crippen LogP contribution in [0.25, 0.3) is 0 Å². The number of rotatable bonds is 12. The van der Waals surface area contributed by atoms with Crippen LogP contribution in [0.5, 0.6) is 0 Å². The molecule has 1 aromatic carbocycles. The molecule has 18 nitrogen and oxygen atoms in total. The number of allylic oxidation sites excluding steroid dienone is 1. The molecule has 0 bridgehead atoms. The normalized spacial score (nSPS) is 51.1. The lowest BCUT2D eigenvalue weighted by Crippen LogP contribution is -2.66. The third-order valence-electron chi connectivity index (χ3n) is 19.4. The molecule has 3 saturated carbocycles. The number of ether oxygens (including phenoxy) is 9. The number of carbonyl (C=O) groups is 1. The summed E-state index contributed by atoms with van der Waals surface area (Å²) in [6.07, 6.45) is -10.2. The molecule has 0 aromatic heterocycles. The van der Waals surface area contributed by atoms with E-state index in [0.717, 1.165) is 51.6 Å². The zero-order valence-electron chi connectivity index (χ0n) is 42.6. The summed E-state index contributed by atoms with van der Waals surface area (Å²) in [6, 6.07) is 8.68. The third-order valence-corrected chi connectivity index (χ3v) is 19.4. The van der Waals surface area contributed by atoms with Crippen molar-refractivity contribution in [2.24, 2.45) is 46.3 Å². The highest BCUT2D eigenvalue weighted by molar-refractivity contribution is 5.94. The van der Waals surface area contributed by atoms with Gasteiger partial charge in [0.25, 0.3) is 5.91 Å². The van der Waals surface area contributed by atoms with Crippen LogP contribution in [0.15, 0.2) is 42.0 Å². The first-order valence-electron chi connectivity index (χ1n) is 27.0. The Morgan fingerprint density at radius 2 is 1.47 bits per heavy atom. The van der Waals surface area contributed by atoms with Crippen molar-refractivity contribution in [3.63, 3.8) is 0 Å². The van der Waals surface area contributed by atoms with E-state index in [-0.39, 0.29) is 42.1 Å². The summed E-state index contributed by atoms with van der Waals surface area (Å²) in [6.45, 7) is 13.0. The molecule has 404 valence electrons. The molecule has 26 atom stereocenters. The monoisotopic (exact) mass is 1020 g/mol. The minimum absolute atomic E-state index is 0.00105. The largest absolute Gasteiger partial charge is 0.394 e. The Bertz CT molecular complexity index is 2060. The molecule has 8 N–H and O–H groups in total. The number of aliphatic hydroxyl groups excluding tert-OH is 7. The third kappa shape index (κ3) is 9.46. The fourth-order valence-corrected chi connectivity index (χ4v) is 15.3. The Morgan fingerprint density at radius 3 is 2.19 bits per heavy atom. The summed E-state index contributed by atoms with van der Waals surface area (Å²) < 4.78 is 57.0. The topological polar surface area (TPSA) is 254 Å². The molecule has 4 aliphatic carbocycles. The van der Waals surface area contributed by atoms with Gasteiger partial charge >= 0.3 is 0 Å². The number of nitrogens with one attached hydrogen (secondary N) is 1. The fraction of sp³-hybridized carbons (Fsp3) is 0.833. The van der Waals surface area contributed by atoms with Gasteiger partial charge in [-0.3, -0.25) is 4.79 Å². The van der Waals surface area contributed by atoms with E-state index in [0.29, 0.717) is 53.9 Å². The quantitative estimate of drug-likeness (QED) is 0.111. The maximum Gasteiger partial charge on any atom is 0.251 e. The number of amides is 1. The Balaban J connectivity index is 0.811. The van der Waals surface area contributed by atoms with Gasteiger partial charge in [0.15, 0.2) is 24.7 Å². The Labute approximate surface area is 422 Å². The summed E-state index contributed by atoms with van der Waals surface area (Å²) >= 11 is 0. The number of hydrogen-bond acceptors (Lipinski definition) is 17. The van der Waals surface area contributed by atoms with E-state index in [1.54, 1.807) is 31.2 Å². The lowest BCUT2D eigenvalue weighted by Gasteiger charge is -2.58. The summed E-state index contributed by atoms with van der Waals surface area (Å²) in [5.74, 6) is 2.26. The van der Waals surface area contributed by atoms with E-state index in [1.165, 1.54) is 12.5 Å². The lowest BCUT2D eigenvalue weighted by atomic mass is 9.47. The van der Waals surface area contributed by atoms with Crippen LogP contribution in [0, 0.1) is 46.3 Å². The molecule has 5 heterocycles. The second kappa shape index (κ2) is 21.0. The smallest absolute Gasteiger partial charge is 0.251 e. The molecule has 18 heteroatoms. The van der Waals surface area contributed by atoms with Crippen LogP contribution in [0.3, 0.4) is 0 Å². The maximum absolute atomic E-state index is 12.5. The average molecular weight is 1020 g/mol. The highest BCUT2D eigenvalue weighted by Gasteiger charge is 2.69. The molecule has 9 aliphatic rings. The standard InChI is InChI=1S/C54H81NO17/c1-26-14-19-54(65-25-26)27(2)38-36(72-54)23-35-33-13-12-31-22-32(15-17-52(31,5)34(33)16-18-53(35,38)6)68-51-47(71-49-42(60)40(58)39(57)28(3)66-49)44(62)46(37(24-56)69-51)70-50-43(61)41(59)45(29(4)67-50)64-21-20-55-48(63)30-10-8-7-9-11-30/h7-12,26-29,32-47,49-51,56-62H,13-25H2,1-6H3,(H,55,63)/t26-,27+,28-,29-,32+,33-,34+,35+,36+,37-,38+,39-,40+,41-,42+,43+,44+,45-,46-,47-,49-,50-,51-,52+,53+,54-/m1/s1. The number of benzene rings is 1. The van der Waals surface area contributed by atoms with Crippen molar-refractivity contribution in [1.82, 2.24) is 5.32 Å². The van der Waals surface area contributed by atoms with Crippen molar-refractivity contribution in [2.75, 3.05) is 26.4 Å². The Morgan fingerprint density at radius 1 is 0.750 bits per heavy atom. The summed E-state index contributed by atoms with van der Waals surface area (Å²) in [5.41, 5.74) is 1.97. The van der Waals surface area contributed by atoms with Crippen molar-refractivity contribution in [3.8, 4) is 0 Å². The van der Waals surface area contributed by atoms with Gasteiger partial charge in [0, 0.05) is 24.4 Å². The SMILES string of the molecule is C[C@@H]1CC[C@@]2(OC1)O[C@H]1C[C@H]3[C@@H]4CC=C5C[C@@H](O[C@@H]6O[C@H](CO)[C@@H](O[C@H]7O[C@H](C)[C@@H](OCCNC(=O)c8ccccc8)[C@H](O)[C@@H]7O)[C@H](O)[C@H]6O[C@H]6O[C@H](C)[C@@H](O)[C@H](O)[C@@H]6O)CC[C@]5(C)[C@H]4CC[C@]3(C)[C@H]1[C@@H]2C. The molecule has 5 aliphatic heterocycles. The van der Waals surface area contributed by atoms with Gasteiger partial charge in [-0.1, -0.05) is 57.5 Å². The molecule has 1 aromatic rings. The zero-order valence-corrected chi connectivity index (χ0v) is 42.6. The molecule has 1 amide bonds. The number of hydrogen-bond donors (Lipinski definition) is 8. The molecule has 0 radical (unpaired) electrons. The van der Waals surface area contributed by atoms with Crippen molar-refractivity contribution in [3.05, 3.63) is 47.5 Å². The predicted molar refractivity (Wildman–Crippen MR) is 255 cm³/mol. The molecule has 1 spiro atoms. The van der Waals surface area contributed by atoms with Crippen molar-refractivity contribution >= 4 is 5.91 Å². The number of carbonyl (C=O) groups excluding carboxylic acids is 1. The van der Waals surface area contributed by atoms with E-state index in [4.69, 9.17) is 42.6 Å². The second-order valence-corrected chi connectivity index (χ2v) is 23.5. The minimum Gasteiger partial charge on any atom is -0.394 e. The Kier molecular flexibility index (Phi) is 15.5. The van der Waals surface area contributed by atoms with Crippen LogP contribution in [-0.2, 0) is 42.6 Å². The van der Waals surface area contributed by atoms with Gasteiger partial charge in [-0.15, -0.1) is 0 Å². The first-order valence-corrected chi connectivity index (χ1v) is 27.0. The first-order chi connectivity index (χ1) is 34.4. The maximum atomic E-state index is 12.5. The average Bonchev–Trinajstić information content (AvgIpc) is 3.82.